The van der Waals surface area contributed by atoms with Crippen LogP contribution in [0, 0.1) is 0 Å². The van der Waals surface area contributed by atoms with Crippen LogP contribution in [0.4, 0.5) is 16.2 Å². The molecule has 0 fully saturated rings. The van der Waals surface area contributed by atoms with Gasteiger partial charge in [0.05, 0.1) is 11.7 Å². The minimum Gasteiger partial charge on any atom is -0.482 e. The van der Waals surface area contributed by atoms with Gasteiger partial charge in [-0.3, -0.25) is 24.2 Å². The van der Waals surface area contributed by atoms with Crippen molar-refractivity contribution in [1.82, 2.24) is 5.32 Å². The number of likely N-dealkylation sites (N-methyl/N-ethyl adjacent to an activating group) is 1. The van der Waals surface area contributed by atoms with Gasteiger partial charge in [0.1, 0.15) is 17.9 Å². The molecule has 0 aliphatic carbocycles. The maximum Gasteiger partial charge on any atom is 0.415 e. The van der Waals surface area contributed by atoms with Crippen LogP contribution in [0.15, 0.2) is 84.9 Å². The van der Waals surface area contributed by atoms with Crippen molar-refractivity contribution in [2.45, 2.75) is 39.3 Å². The van der Waals surface area contributed by atoms with Crippen LogP contribution in [0.2, 0.25) is 0 Å². The van der Waals surface area contributed by atoms with Gasteiger partial charge >= 0.3 is 6.09 Å². The van der Waals surface area contributed by atoms with E-state index < -0.39 is 30.2 Å². The number of amides is 3. The molecule has 210 valence electrons. The molecule has 0 aromatic heterocycles. The maximum atomic E-state index is 14.1. The molecule has 0 spiro atoms. The van der Waals surface area contributed by atoms with Crippen molar-refractivity contribution in [3.05, 3.63) is 90.5 Å². The number of Topliss-reactive ketones (excluding diaryl/α,β-unsaturated/α-hetero) is 1. The number of nitrogens with zero attached hydrogens (tertiary/aromatic N) is 2. The van der Waals surface area contributed by atoms with Crippen LogP contribution >= 0.6 is 0 Å². The van der Waals surface area contributed by atoms with Gasteiger partial charge in [-0.25, -0.2) is 4.79 Å². The smallest absolute Gasteiger partial charge is 0.415 e. The Labute approximate surface area is 234 Å². The Morgan fingerprint density at radius 3 is 2.02 bits per heavy atom. The lowest BCUT2D eigenvalue weighted by atomic mass is 10.0. The molecule has 9 heteroatoms. The van der Waals surface area contributed by atoms with Gasteiger partial charge in [0.25, 0.3) is 5.91 Å². The van der Waals surface area contributed by atoms with Crippen molar-refractivity contribution >= 4 is 35.1 Å². The second-order valence-corrected chi connectivity index (χ2v) is 10.0. The highest BCUT2D eigenvalue weighted by Crippen LogP contribution is 2.31. The molecular formula is C31H35N3O6. The van der Waals surface area contributed by atoms with Gasteiger partial charge in [-0.2, -0.15) is 0 Å². The second kappa shape index (κ2) is 13.4. The van der Waals surface area contributed by atoms with Crippen LogP contribution in [0.25, 0.3) is 0 Å². The lowest BCUT2D eigenvalue weighted by Crippen LogP contribution is -2.50. The molecule has 0 aliphatic rings. The maximum absolute atomic E-state index is 14.1. The summed E-state index contributed by atoms with van der Waals surface area (Å²) in [7, 11) is 1.49. The predicted octanol–water partition coefficient (Wildman–Crippen LogP) is 4.86. The Balaban J connectivity index is 2.05. The summed E-state index contributed by atoms with van der Waals surface area (Å²) in [5.41, 5.74) is 0.356. The second-order valence-electron chi connectivity index (χ2n) is 10.0. The van der Waals surface area contributed by atoms with E-state index in [0.29, 0.717) is 11.3 Å². The Hall–Kier alpha value is -4.66. The number of carbonyl (C=O) groups is 4. The number of hydrogen-bond donors (Lipinski definition) is 1. The van der Waals surface area contributed by atoms with Crippen LogP contribution in [0.1, 0.15) is 38.1 Å². The van der Waals surface area contributed by atoms with Gasteiger partial charge in [0.15, 0.2) is 12.4 Å². The first kappa shape index (κ1) is 29.9. The van der Waals surface area contributed by atoms with E-state index in [1.807, 2.05) is 0 Å². The van der Waals surface area contributed by atoms with Crippen LogP contribution in [0.5, 0.6) is 5.75 Å². The lowest BCUT2D eigenvalue weighted by Gasteiger charge is -2.33. The van der Waals surface area contributed by atoms with Gasteiger partial charge < -0.3 is 14.8 Å². The fourth-order valence-corrected chi connectivity index (χ4v) is 3.91. The summed E-state index contributed by atoms with van der Waals surface area (Å²) in [5, 5.41) is 2.49. The number of rotatable bonds is 10. The molecule has 3 aromatic rings. The lowest BCUT2D eigenvalue weighted by molar-refractivity contribution is -0.122. The monoisotopic (exact) mass is 545 g/mol. The molecule has 0 bridgehead atoms. The number of para-hydroxylation sites is 3. The number of benzene rings is 3. The number of anilines is 2. The molecule has 3 rings (SSSR count). The molecule has 0 heterocycles. The zero-order valence-corrected chi connectivity index (χ0v) is 23.4. The SMILES string of the molecule is CNC(=O)COc1ccccc1N(C(=O)CN(C(=O)OC(C)(C)C)c1ccccc1)C(C)C(=O)c1ccccc1. The third-order valence-corrected chi connectivity index (χ3v) is 5.83. The fourth-order valence-electron chi connectivity index (χ4n) is 3.91. The van der Waals surface area contributed by atoms with Gasteiger partial charge in [-0.15, -0.1) is 0 Å². The Bertz CT molecular complexity index is 1320. The third kappa shape index (κ3) is 7.92. The standard InChI is InChI=1S/C31H35N3O6/c1-22(29(37)23-14-8-6-9-15-23)34(25-18-12-13-19-26(25)39-21-27(35)32-5)28(36)20-33(24-16-10-7-11-17-24)30(38)40-31(2,3)4/h6-19,22H,20-21H2,1-5H3,(H,32,35). The minimum absolute atomic E-state index is 0.232. The van der Waals surface area contributed by atoms with Gasteiger partial charge in [0.2, 0.25) is 5.91 Å². The molecule has 3 aromatic carbocycles. The Morgan fingerprint density at radius 1 is 0.850 bits per heavy atom. The highest BCUT2D eigenvalue weighted by Gasteiger charge is 2.33. The third-order valence-electron chi connectivity index (χ3n) is 5.83. The zero-order chi connectivity index (χ0) is 29.3. The molecule has 40 heavy (non-hydrogen) atoms. The Kier molecular flexibility index (Phi) is 10.0. The van der Waals surface area contributed by atoms with E-state index in [1.54, 1.807) is 113 Å². The summed E-state index contributed by atoms with van der Waals surface area (Å²) in [5.74, 6) is -0.988. The molecular weight excluding hydrogens is 510 g/mol. The van der Waals surface area contributed by atoms with Gasteiger partial charge in [-0.05, 0) is 52.0 Å². The summed E-state index contributed by atoms with van der Waals surface area (Å²) in [6.07, 6.45) is -0.710. The fraction of sp³-hybridized carbons (Fsp3) is 0.290. The van der Waals surface area contributed by atoms with E-state index in [0.717, 1.165) is 0 Å². The summed E-state index contributed by atoms with van der Waals surface area (Å²) in [4.78, 5) is 55.3. The topological polar surface area (TPSA) is 105 Å². The molecule has 0 saturated heterocycles. The largest absolute Gasteiger partial charge is 0.482 e. The average molecular weight is 546 g/mol. The molecule has 1 N–H and O–H groups in total. The van der Waals surface area contributed by atoms with Crippen molar-refractivity contribution in [3.63, 3.8) is 0 Å². The van der Waals surface area contributed by atoms with E-state index in [-0.39, 0.29) is 29.7 Å². The van der Waals surface area contributed by atoms with E-state index in [9.17, 15) is 19.2 Å². The van der Waals surface area contributed by atoms with Crippen molar-refractivity contribution in [2.75, 3.05) is 30.0 Å². The molecule has 1 unspecified atom stereocenters. The highest BCUT2D eigenvalue weighted by molar-refractivity contribution is 6.10. The predicted molar refractivity (Wildman–Crippen MR) is 154 cm³/mol. The van der Waals surface area contributed by atoms with Crippen molar-refractivity contribution in [2.24, 2.45) is 0 Å². The van der Waals surface area contributed by atoms with Crippen LogP contribution in [0.3, 0.4) is 0 Å². The van der Waals surface area contributed by atoms with Gasteiger partial charge in [0, 0.05) is 18.3 Å². The summed E-state index contributed by atoms with van der Waals surface area (Å²) >= 11 is 0. The molecule has 9 nitrogen and oxygen atoms in total. The summed E-state index contributed by atoms with van der Waals surface area (Å²) in [6.45, 7) is 6.12. The summed E-state index contributed by atoms with van der Waals surface area (Å²) < 4.78 is 11.3. The quantitative estimate of drug-likeness (QED) is 0.365. The molecule has 0 saturated carbocycles. The van der Waals surface area contributed by atoms with Crippen molar-refractivity contribution < 1.29 is 28.7 Å². The number of carbonyl (C=O) groups excluding carboxylic acids is 4. The average Bonchev–Trinajstić information content (AvgIpc) is 2.94. The van der Waals surface area contributed by atoms with Crippen molar-refractivity contribution in [3.8, 4) is 5.75 Å². The molecule has 1 atom stereocenters. The van der Waals surface area contributed by atoms with E-state index in [4.69, 9.17) is 9.47 Å². The minimum atomic E-state index is -0.976. The Morgan fingerprint density at radius 2 is 1.43 bits per heavy atom. The van der Waals surface area contributed by atoms with Crippen LogP contribution < -0.4 is 19.9 Å². The van der Waals surface area contributed by atoms with E-state index >= 15 is 0 Å². The molecule has 3 amide bonds. The van der Waals surface area contributed by atoms with E-state index in [2.05, 4.69) is 5.32 Å². The van der Waals surface area contributed by atoms with Crippen LogP contribution in [-0.4, -0.2) is 55.5 Å². The van der Waals surface area contributed by atoms with Gasteiger partial charge in [-0.1, -0.05) is 60.7 Å². The van der Waals surface area contributed by atoms with Crippen molar-refractivity contribution in [1.29, 1.82) is 0 Å². The molecule has 0 aliphatic heterocycles. The van der Waals surface area contributed by atoms with Crippen LogP contribution in [-0.2, 0) is 14.3 Å². The number of hydrogen-bond acceptors (Lipinski definition) is 6. The number of ketones is 1. The first-order valence-corrected chi connectivity index (χ1v) is 12.9. The number of nitrogens with one attached hydrogen (secondary N) is 1. The zero-order valence-electron chi connectivity index (χ0n) is 23.4. The molecule has 0 radical (unpaired) electrons. The first-order valence-electron chi connectivity index (χ1n) is 12.9. The normalized spacial score (nSPS) is 11.6. The number of ether oxygens (including phenoxy) is 2. The van der Waals surface area contributed by atoms with E-state index in [1.165, 1.54) is 16.8 Å². The summed E-state index contributed by atoms with van der Waals surface area (Å²) in [6, 6.07) is 23.0. The first-order chi connectivity index (χ1) is 19.0. The highest BCUT2D eigenvalue weighted by atomic mass is 16.6.